The number of amides is 1. The number of aromatic nitrogens is 1. The third-order valence-electron chi connectivity index (χ3n) is 4.09. The summed E-state index contributed by atoms with van der Waals surface area (Å²) < 4.78 is 69.7. The highest BCUT2D eigenvalue weighted by atomic mass is 35.5. The number of fused-ring (bicyclic) bond motifs is 1. The molecule has 1 amide bonds. The van der Waals surface area contributed by atoms with Crippen molar-refractivity contribution in [2.45, 2.75) is 6.92 Å². The maximum absolute atomic E-state index is 14.2. The summed E-state index contributed by atoms with van der Waals surface area (Å²) in [4.78, 5) is 18.5. The molecule has 3 rings (SSSR count). The third kappa shape index (κ3) is 5.98. The maximum atomic E-state index is 14.2. The molecule has 1 heterocycles. The highest BCUT2D eigenvalue weighted by molar-refractivity contribution is 6.31. The van der Waals surface area contributed by atoms with Gasteiger partial charge in [0.25, 0.3) is 0 Å². The zero-order valence-corrected chi connectivity index (χ0v) is 18.7. The number of nitriles is 1. The van der Waals surface area contributed by atoms with Gasteiger partial charge < -0.3 is 20.3 Å². The first-order valence-electron chi connectivity index (χ1n) is 12.7. The van der Waals surface area contributed by atoms with Gasteiger partial charge in [0.05, 0.1) is 42.3 Å². The number of anilines is 3. The Morgan fingerprint density at radius 1 is 1.39 bits per heavy atom. The number of hydrogen-bond donors (Lipinski definition) is 2. The smallest absolute Gasteiger partial charge is 0.248 e. The van der Waals surface area contributed by atoms with Gasteiger partial charge in [0.2, 0.25) is 5.91 Å². The van der Waals surface area contributed by atoms with Crippen LogP contribution >= 0.6 is 11.6 Å². The van der Waals surface area contributed by atoms with E-state index in [4.69, 9.17) is 24.6 Å². The van der Waals surface area contributed by atoms with Crippen LogP contribution in [0.15, 0.2) is 48.5 Å². The van der Waals surface area contributed by atoms with E-state index in [1.165, 1.54) is 6.08 Å². The van der Waals surface area contributed by atoms with Crippen LogP contribution in [0.2, 0.25) is 5.02 Å². The lowest BCUT2D eigenvalue weighted by Gasteiger charge is -2.16. The molecule has 2 N–H and O–H groups in total. The Morgan fingerprint density at radius 3 is 2.88 bits per heavy atom. The van der Waals surface area contributed by atoms with Crippen molar-refractivity contribution in [3.8, 4) is 11.8 Å². The standard InChI is InChI=1S/C24H23ClFN5O2/c1-4-33-22-12-20-17(11-21(22)30-23(32)6-5-9-31(2)3)24(15(13-27)14-28-20)29-16-7-8-19(26)18(25)10-16/h5-8,10-12,14H,4,9H2,1-3H3,(H,28,29)(H,30,32)/b6-5+/i7D,8D,10D,11D,12D,14D. The van der Waals surface area contributed by atoms with Crippen LogP contribution in [-0.4, -0.2) is 43.0 Å². The lowest BCUT2D eigenvalue weighted by Crippen LogP contribution is -2.13. The van der Waals surface area contributed by atoms with Crippen LogP contribution in [0.25, 0.3) is 10.9 Å². The van der Waals surface area contributed by atoms with Crippen molar-refractivity contribution in [2.75, 3.05) is 37.9 Å². The van der Waals surface area contributed by atoms with E-state index in [9.17, 15) is 14.4 Å². The van der Waals surface area contributed by atoms with Gasteiger partial charge >= 0.3 is 0 Å². The molecule has 0 radical (unpaired) electrons. The van der Waals surface area contributed by atoms with Gasteiger partial charge in [0, 0.05) is 35.9 Å². The van der Waals surface area contributed by atoms with Gasteiger partial charge in [-0.2, -0.15) is 5.26 Å². The number of nitrogens with zero attached hydrogens (tertiary/aromatic N) is 3. The molecule has 0 aliphatic carbocycles. The fraction of sp³-hybridized carbons (Fsp3) is 0.208. The number of carbonyl (C=O) groups excluding carboxylic acids is 1. The van der Waals surface area contributed by atoms with E-state index in [2.05, 4.69) is 15.6 Å². The Balaban J connectivity index is 2.37. The van der Waals surface area contributed by atoms with Gasteiger partial charge in [-0.3, -0.25) is 9.78 Å². The molecule has 7 nitrogen and oxygen atoms in total. The average molecular weight is 474 g/mol. The number of nitrogens with one attached hydrogen (secondary N) is 2. The van der Waals surface area contributed by atoms with Crippen molar-refractivity contribution >= 4 is 45.5 Å². The number of carbonyl (C=O) groups is 1. The number of benzene rings is 2. The third-order valence-corrected chi connectivity index (χ3v) is 4.35. The van der Waals surface area contributed by atoms with E-state index in [1.807, 2.05) is 19.0 Å². The number of pyridine rings is 1. The summed E-state index contributed by atoms with van der Waals surface area (Å²) in [5.41, 5.74) is -1.65. The van der Waals surface area contributed by atoms with Crippen molar-refractivity contribution < 1.29 is 22.1 Å². The van der Waals surface area contributed by atoms with Crippen LogP contribution in [0, 0.1) is 17.1 Å². The summed E-state index contributed by atoms with van der Waals surface area (Å²) in [5, 5.41) is 14.0. The molecule has 170 valence electrons. The van der Waals surface area contributed by atoms with E-state index in [0.29, 0.717) is 6.54 Å². The minimum absolute atomic E-state index is 0.0655. The molecular formula is C24H23ClFN5O2. The molecule has 0 aliphatic rings. The van der Waals surface area contributed by atoms with Crippen molar-refractivity contribution in [1.29, 1.82) is 5.26 Å². The topological polar surface area (TPSA) is 90.3 Å². The molecule has 0 unspecified atom stereocenters. The number of likely N-dealkylation sites (N-methyl/N-ethyl adjacent to an activating group) is 1. The second kappa shape index (κ2) is 10.8. The minimum atomic E-state index is -1.28. The molecule has 0 atom stereocenters. The van der Waals surface area contributed by atoms with Crippen molar-refractivity contribution in [1.82, 2.24) is 9.88 Å². The predicted octanol–water partition coefficient (Wildman–Crippen LogP) is 5.10. The second-order valence-electron chi connectivity index (χ2n) is 6.85. The monoisotopic (exact) mass is 473 g/mol. The van der Waals surface area contributed by atoms with Gasteiger partial charge in [-0.25, -0.2) is 4.39 Å². The van der Waals surface area contributed by atoms with E-state index in [1.54, 1.807) is 19.1 Å². The summed E-state index contributed by atoms with van der Waals surface area (Å²) in [5.74, 6) is -2.09. The molecule has 0 aliphatic heterocycles. The zero-order chi connectivity index (χ0) is 29.2. The summed E-state index contributed by atoms with van der Waals surface area (Å²) in [7, 11) is 3.62. The van der Waals surface area contributed by atoms with Crippen molar-refractivity contribution in [3.63, 3.8) is 0 Å². The lowest BCUT2D eigenvalue weighted by molar-refractivity contribution is -0.111. The Labute approximate surface area is 204 Å². The quantitative estimate of drug-likeness (QED) is 0.442. The highest BCUT2D eigenvalue weighted by Gasteiger charge is 2.15. The van der Waals surface area contributed by atoms with Gasteiger partial charge in [0.15, 0.2) is 0 Å². The normalized spacial score (nSPS) is 13.6. The van der Waals surface area contributed by atoms with Crippen LogP contribution in [0.4, 0.5) is 21.5 Å². The molecule has 33 heavy (non-hydrogen) atoms. The van der Waals surface area contributed by atoms with Crippen LogP contribution < -0.4 is 15.4 Å². The highest BCUT2D eigenvalue weighted by Crippen LogP contribution is 2.36. The molecule has 3 aromatic rings. The summed E-state index contributed by atoms with van der Waals surface area (Å²) in [6.45, 7) is 2.16. The van der Waals surface area contributed by atoms with Gasteiger partial charge in [-0.1, -0.05) is 17.7 Å². The first kappa shape index (κ1) is 16.9. The molecule has 9 heteroatoms. The largest absolute Gasteiger partial charge is 0.492 e. The molecule has 0 bridgehead atoms. The summed E-state index contributed by atoms with van der Waals surface area (Å²) in [6.07, 6.45) is 2.23. The Kier molecular flexibility index (Phi) is 5.51. The average Bonchev–Trinajstić information content (AvgIpc) is 2.88. The van der Waals surface area contributed by atoms with Crippen LogP contribution in [0.5, 0.6) is 5.75 Å². The molecule has 0 spiro atoms. The predicted molar refractivity (Wildman–Crippen MR) is 129 cm³/mol. The first-order chi connectivity index (χ1) is 18.3. The van der Waals surface area contributed by atoms with Crippen LogP contribution in [-0.2, 0) is 4.79 Å². The van der Waals surface area contributed by atoms with E-state index in [0.717, 1.165) is 0 Å². The Hall–Kier alpha value is -3.67. The number of rotatable bonds is 8. The Morgan fingerprint density at radius 2 is 2.18 bits per heavy atom. The second-order valence-corrected chi connectivity index (χ2v) is 7.23. The SMILES string of the molecule is [2H]c1nc2c([2H])c(OCC)c(NC(=O)/C=C/CN(C)C)c([2H])c2c(Nc2c([2H])c([2H])c(F)c(Cl)c2[2H])c1C#N. The number of hydrogen-bond acceptors (Lipinski definition) is 6. The van der Waals surface area contributed by atoms with Gasteiger partial charge in [-0.15, -0.1) is 0 Å². The lowest BCUT2D eigenvalue weighted by atomic mass is 10.1. The fourth-order valence-electron chi connectivity index (χ4n) is 2.67. The van der Waals surface area contributed by atoms with Crippen LogP contribution in [0.1, 0.15) is 20.7 Å². The van der Waals surface area contributed by atoms with E-state index < -0.39 is 64.4 Å². The number of ether oxygens (including phenoxy) is 1. The summed E-state index contributed by atoms with van der Waals surface area (Å²) in [6, 6.07) is -1.43. The zero-order valence-electron chi connectivity index (χ0n) is 24.0. The molecule has 0 saturated carbocycles. The molecular weight excluding hydrogens is 445 g/mol. The van der Waals surface area contributed by atoms with Crippen molar-refractivity contribution in [3.05, 3.63) is 64.9 Å². The fourth-order valence-corrected chi connectivity index (χ4v) is 2.81. The molecule has 0 fully saturated rings. The molecule has 1 aromatic heterocycles. The van der Waals surface area contributed by atoms with Gasteiger partial charge in [-0.05, 0) is 45.2 Å². The van der Waals surface area contributed by atoms with E-state index >= 15 is 0 Å². The summed E-state index contributed by atoms with van der Waals surface area (Å²) >= 11 is 5.84. The van der Waals surface area contributed by atoms with Crippen molar-refractivity contribution in [2.24, 2.45) is 0 Å². The van der Waals surface area contributed by atoms with Gasteiger partial charge in [0.1, 0.15) is 17.6 Å². The maximum Gasteiger partial charge on any atom is 0.248 e. The molecule has 0 saturated heterocycles. The number of halogens is 2. The van der Waals surface area contributed by atoms with Crippen LogP contribution in [0.3, 0.4) is 0 Å². The van der Waals surface area contributed by atoms with E-state index in [-0.39, 0.29) is 34.6 Å². The Bertz CT molecular complexity index is 1530. The first-order valence-corrected chi connectivity index (χ1v) is 10.1. The molecule has 2 aromatic carbocycles. The minimum Gasteiger partial charge on any atom is -0.492 e.